The van der Waals surface area contributed by atoms with Gasteiger partial charge in [0.05, 0.1) is 11.4 Å². The maximum atomic E-state index is 4.88. The zero-order valence-corrected chi connectivity index (χ0v) is 19.3. The summed E-state index contributed by atoms with van der Waals surface area (Å²) in [6.45, 7) is 0. The van der Waals surface area contributed by atoms with E-state index < -0.39 is 0 Å². The van der Waals surface area contributed by atoms with Crippen molar-refractivity contribution < 1.29 is 0 Å². The quantitative estimate of drug-likeness (QED) is 0.240. The van der Waals surface area contributed by atoms with Crippen molar-refractivity contribution >= 4 is 17.2 Å². The lowest BCUT2D eigenvalue weighted by atomic mass is 9.83. The third kappa shape index (κ3) is 2.23. The second-order valence-corrected chi connectivity index (χ2v) is 10.3. The number of hydrogen-bond acceptors (Lipinski definition) is 2. The van der Waals surface area contributed by atoms with Crippen LogP contribution < -0.4 is 4.90 Å². The van der Waals surface area contributed by atoms with Crippen LogP contribution in [0.2, 0.25) is 0 Å². The van der Waals surface area contributed by atoms with Gasteiger partial charge in [-0.15, -0.1) is 0 Å². The Morgan fingerprint density at radius 1 is 0.543 bits per heavy atom. The van der Waals surface area contributed by atoms with Crippen molar-refractivity contribution in [2.24, 2.45) is 0 Å². The van der Waals surface area contributed by atoms with Gasteiger partial charge < -0.3 is 0 Å². The normalized spacial score (nSPS) is 14.9. The molecule has 0 N–H and O–H groups in total. The number of pyridine rings is 1. The van der Waals surface area contributed by atoms with E-state index in [0.717, 1.165) is 31.5 Å². The van der Waals surface area contributed by atoms with Gasteiger partial charge in [0.15, 0.2) is 0 Å². The predicted molar refractivity (Wildman–Crippen MR) is 141 cm³/mol. The van der Waals surface area contributed by atoms with Crippen LogP contribution in [0.15, 0.2) is 85.1 Å². The maximum absolute atomic E-state index is 4.88. The number of hydrogen-bond donors (Lipinski definition) is 0. The molecule has 2 nitrogen and oxygen atoms in total. The lowest BCUT2D eigenvalue weighted by molar-refractivity contribution is 0.968. The first-order valence-corrected chi connectivity index (χ1v) is 12.6. The van der Waals surface area contributed by atoms with Crippen LogP contribution in [0.25, 0.3) is 22.3 Å². The fourth-order valence-corrected chi connectivity index (χ4v) is 7.15. The molecular weight excluding hydrogens is 424 g/mol. The highest BCUT2D eigenvalue weighted by Gasteiger charge is 2.38. The Morgan fingerprint density at radius 2 is 1.26 bits per heavy atom. The molecule has 35 heavy (non-hydrogen) atoms. The highest BCUT2D eigenvalue weighted by Crippen LogP contribution is 2.56. The molecule has 3 heterocycles. The van der Waals surface area contributed by atoms with Crippen LogP contribution in [0.1, 0.15) is 44.5 Å². The average molecular weight is 447 g/mol. The number of rotatable bonds is 0. The van der Waals surface area contributed by atoms with Gasteiger partial charge in [-0.05, 0) is 97.8 Å². The molecule has 2 aliphatic carbocycles. The number of benzene rings is 4. The van der Waals surface area contributed by atoms with E-state index in [1.807, 2.05) is 6.20 Å². The van der Waals surface area contributed by atoms with Crippen LogP contribution in [-0.2, 0) is 25.7 Å². The largest absolute Gasteiger partial charge is 0.294 e. The summed E-state index contributed by atoms with van der Waals surface area (Å²) in [4.78, 5) is 7.33. The maximum Gasteiger partial charge on any atom is 0.141 e. The van der Waals surface area contributed by atoms with Crippen LogP contribution in [-0.4, -0.2) is 4.98 Å². The molecule has 0 fully saturated rings. The Hall–Kier alpha value is -4.17. The second kappa shape index (κ2) is 6.28. The molecular formula is C33H22N2. The van der Waals surface area contributed by atoms with E-state index in [-0.39, 0.29) is 0 Å². The van der Waals surface area contributed by atoms with Gasteiger partial charge >= 0.3 is 0 Å². The van der Waals surface area contributed by atoms with E-state index in [9.17, 15) is 0 Å². The summed E-state index contributed by atoms with van der Waals surface area (Å²) >= 11 is 0. The Morgan fingerprint density at radius 3 is 2.20 bits per heavy atom. The number of anilines is 3. The number of para-hydroxylation sites is 1. The van der Waals surface area contributed by atoms with E-state index >= 15 is 0 Å². The molecule has 0 bridgehead atoms. The van der Waals surface area contributed by atoms with Crippen LogP contribution in [0, 0.1) is 0 Å². The van der Waals surface area contributed by atoms with Gasteiger partial charge in [0.2, 0.25) is 0 Å². The van der Waals surface area contributed by atoms with Gasteiger partial charge in [0.1, 0.15) is 5.82 Å². The van der Waals surface area contributed by atoms with Crippen molar-refractivity contribution in [3.05, 3.63) is 130 Å². The summed E-state index contributed by atoms with van der Waals surface area (Å²) in [5.74, 6) is 1.10. The fraction of sp³-hybridized carbons (Fsp3) is 0.121. The molecule has 164 valence electrons. The van der Waals surface area contributed by atoms with Gasteiger partial charge in [0, 0.05) is 19.0 Å². The van der Waals surface area contributed by atoms with E-state index in [1.165, 1.54) is 78.1 Å². The molecule has 0 amide bonds. The zero-order chi connectivity index (χ0) is 22.7. The van der Waals surface area contributed by atoms with Gasteiger partial charge in [-0.3, -0.25) is 4.90 Å². The number of nitrogens with zero attached hydrogens (tertiary/aromatic N) is 2. The Labute approximate surface area is 204 Å². The van der Waals surface area contributed by atoms with Crippen LogP contribution in [0.4, 0.5) is 17.2 Å². The second-order valence-electron chi connectivity index (χ2n) is 10.3. The van der Waals surface area contributed by atoms with Crippen molar-refractivity contribution in [2.45, 2.75) is 25.7 Å². The highest BCUT2D eigenvalue weighted by molar-refractivity contribution is 5.99. The van der Waals surface area contributed by atoms with E-state index in [4.69, 9.17) is 4.98 Å². The first-order chi connectivity index (χ1) is 17.3. The minimum Gasteiger partial charge on any atom is -0.294 e. The topological polar surface area (TPSA) is 16.1 Å². The van der Waals surface area contributed by atoms with Crippen molar-refractivity contribution in [1.29, 1.82) is 0 Å². The molecule has 2 heteroatoms. The average Bonchev–Trinajstić information content (AvgIpc) is 3.46. The first kappa shape index (κ1) is 18.2. The van der Waals surface area contributed by atoms with Gasteiger partial charge in [-0.1, -0.05) is 60.7 Å². The van der Waals surface area contributed by atoms with Crippen molar-refractivity contribution in [2.75, 3.05) is 4.90 Å². The number of aromatic nitrogens is 1. The third-order valence-corrected chi connectivity index (χ3v) is 8.56. The molecule has 2 aliphatic heterocycles. The van der Waals surface area contributed by atoms with E-state index in [2.05, 4.69) is 83.8 Å². The molecule has 5 aromatic rings. The summed E-state index contributed by atoms with van der Waals surface area (Å²) < 4.78 is 0. The molecule has 0 saturated carbocycles. The summed E-state index contributed by atoms with van der Waals surface area (Å²) in [5.41, 5.74) is 20.1. The minimum atomic E-state index is 0.958. The van der Waals surface area contributed by atoms with Gasteiger partial charge in [-0.2, -0.15) is 0 Å². The van der Waals surface area contributed by atoms with Crippen molar-refractivity contribution in [3.63, 3.8) is 0 Å². The van der Waals surface area contributed by atoms with Crippen LogP contribution >= 0.6 is 0 Å². The van der Waals surface area contributed by atoms with Crippen LogP contribution in [0.3, 0.4) is 0 Å². The molecule has 1 aromatic heterocycles. The molecule has 4 aliphatic rings. The number of fused-ring (bicyclic) bond motifs is 12. The molecule has 0 unspecified atom stereocenters. The summed E-state index contributed by atoms with van der Waals surface area (Å²) in [6, 6.07) is 29.5. The highest BCUT2D eigenvalue weighted by atomic mass is 15.2. The smallest absolute Gasteiger partial charge is 0.141 e. The van der Waals surface area contributed by atoms with Crippen LogP contribution in [0.5, 0.6) is 0 Å². The van der Waals surface area contributed by atoms with E-state index in [0.29, 0.717) is 0 Å². The molecule has 0 radical (unpaired) electrons. The third-order valence-electron chi connectivity index (χ3n) is 8.56. The van der Waals surface area contributed by atoms with Gasteiger partial charge in [-0.25, -0.2) is 4.98 Å². The molecule has 0 spiro atoms. The predicted octanol–water partition coefficient (Wildman–Crippen LogP) is 7.50. The zero-order valence-electron chi connectivity index (χ0n) is 19.3. The Kier molecular flexibility index (Phi) is 3.27. The SMILES string of the molecule is c1ccc2c(c1)Cc1ccc3c(c1-2)-c1cc2c4c(c1C3)Cc1cccnc1N4c1ccccc1C2. The first-order valence-electron chi connectivity index (χ1n) is 12.6. The van der Waals surface area contributed by atoms with Crippen molar-refractivity contribution in [1.82, 2.24) is 4.98 Å². The fourth-order valence-electron chi connectivity index (χ4n) is 7.15. The Bertz CT molecular complexity index is 1750. The standard InChI is InChI=1S/C33H22N2/c1-3-9-25-19(6-1)14-21-11-12-22-16-26-27(31(22)30(21)25)18-24-15-20-7-2-4-10-29(20)35-32(24)28(26)17-23-8-5-13-34-33(23)35/h1-13,18H,14-17H2. The van der Waals surface area contributed by atoms with Gasteiger partial charge in [0.25, 0.3) is 0 Å². The molecule has 4 aromatic carbocycles. The Balaban J connectivity index is 1.35. The molecule has 0 saturated heterocycles. The van der Waals surface area contributed by atoms with E-state index in [1.54, 1.807) is 0 Å². The monoisotopic (exact) mass is 446 g/mol. The summed E-state index contributed by atoms with van der Waals surface area (Å²) in [7, 11) is 0. The summed E-state index contributed by atoms with van der Waals surface area (Å²) in [5, 5.41) is 0. The summed E-state index contributed by atoms with van der Waals surface area (Å²) in [6.07, 6.45) is 5.94. The minimum absolute atomic E-state index is 0.958. The lowest BCUT2D eigenvalue weighted by Gasteiger charge is -2.39. The van der Waals surface area contributed by atoms with Crippen molar-refractivity contribution in [3.8, 4) is 22.3 Å². The molecule has 0 atom stereocenters. The molecule has 9 rings (SSSR count). The lowest BCUT2D eigenvalue weighted by Crippen LogP contribution is -2.26.